The van der Waals surface area contributed by atoms with Crippen LogP contribution in [-0.4, -0.2) is 34.5 Å². The largest absolute Gasteiger partial charge is 0.481 e. The molecule has 0 aromatic heterocycles. The third-order valence-electron chi connectivity index (χ3n) is 3.51. The van der Waals surface area contributed by atoms with Crippen LogP contribution in [0.3, 0.4) is 0 Å². The van der Waals surface area contributed by atoms with E-state index in [9.17, 15) is 14.4 Å². The summed E-state index contributed by atoms with van der Waals surface area (Å²) in [5.74, 6) is -1.06. The van der Waals surface area contributed by atoms with Crippen LogP contribution in [0.5, 0.6) is 0 Å². The van der Waals surface area contributed by atoms with E-state index in [2.05, 4.69) is 19.2 Å². The van der Waals surface area contributed by atoms with Gasteiger partial charge < -0.3 is 10.4 Å². The van der Waals surface area contributed by atoms with Crippen molar-refractivity contribution < 1.29 is 19.5 Å². The van der Waals surface area contributed by atoms with Crippen molar-refractivity contribution in [1.29, 1.82) is 0 Å². The fraction of sp³-hybridized carbons (Fsp3) is 0.400. The minimum atomic E-state index is -1.04. The zero-order chi connectivity index (χ0) is 15.6. The molecule has 1 aliphatic heterocycles. The van der Waals surface area contributed by atoms with Gasteiger partial charge >= 0.3 is 12.0 Å². The first kappa shape index (κ1) is 15.0. The molecule has 0 saturated carbocycles. The van der Waals surface area contributed by atoms with E-state index in [0.717, 1.165) is 10.5 Å². The van der Waals surface area contributed by atoms with Crippen molar-refractivity contribution in [2.24, 2.45) is 0 Å². The summed E-state index contributed by atoms with van der Waals surface area (Å²) in [5, 5.41) is 11.2. The lowest BCUT2D eigenvalue weighted by Gasteiger charge is -2.12. The van der Waals surface area contributed by atoms with Crippen LogP contribution >= 0.6 is 0 Å². The van der Waals surface area contributed by atoms with Crippen molar-refractivity contribution in [3.63, 3.8) is 0 Å². The number of carboxylic acid groups (broad SMARTS) is 1. The number of carboxylic acids is 1. The predicted octanol–water partition coefficient (Wildman–Crippen LogP) is 1.88. The third kappa shape index (κ3) is 3.21. The normalized spacial score (nSPS) is 18.2. The van der Waals surface area contributed by atoms with Gasteiger partial charge in [0, 0.05) is 6.54 Å². The van der Waals surface area contributed by atoms with Crippen molar-refractivity contribution in [2.45, 2.75) is 32.2 Å². The van der Waals surface area contributed by atoms with Crippen molar-refractivity contribution in [2.75, 3.05) is 6.54 Å². The topological polar surface area (TPSA) is 86.7 Å². The standard InChI is InChI=1S/C15H18N2O4/c1-9(2)10-3-5-11(6-4-10)13-14(20)17(15(21)16-13)8-7-12(18)19/h3-6,9,13H,7-8H2,1-2H3,(H,16,21)(H,18,19). The summed E-state index contributed by atoms with van der Waals surface area (Å²) in [5.41, 5.74) is 1.86. The predicted molar refractivity (Wildman–Crippen MR) is 75.8 cm³/mol. The first-order chi connectivity index (χ1) is 9.90. The highest BCUT2D eigenvalue weighted by atomic mass is 16.4. The number of benzene rings is 1. The maximum Gasteiger partial charge on any atom is 0.325 e. The quantitative estimate of drug-likeness (QED) is 0.811. The average Bonchev–Trinajstić information content (AvgIpc) is 2.72. The summed E-state index contributed by atoms with van der Waals surface area (Å²) in [6.45, 7) is 4.04. The highest BCUT2D eigenvalue weighted by molar-refractivity contribution is 6.04. The summed E-state index contributed by atoms with van der Waals surface area (Å²) < 4.78 is 0. The van der Waals surface area contributed by atoms with Gasteiger partial charge in [-0.3, -0.25) is 14.5 Å². The molecule has 2 rings (SSSR count). The summed E-state index contributed by atoms with van der Waals surface area (Å²) >= 11 is 0. The number of nitrogens with zero attached hydrogens (tertiary/aromatic N) is 1. The molecule has 0 bridgehead atoms. The minimum Gasteiger partial charge on any atom is -0.481 e. The van der Waals surface area contributed by atoms with E-state index in [4.69, 9.17) is 5.11 Å². The number of imide groups is 1. The second-order valence-corrected chi connectivity index (χ2v) is 5.34. The average molecular weight is 290 g/mol. The van der Waals surface area contributed by atoms with E-state index >= 15 is 0 Å². The number of rotatable bonds is 5. The SMILES string of the molecule is CC(C)c1ccc(C2NC(=O)N(CCC(=O)O)C2=O)cc1. The molecule has 0 aliphatic carbocycles. The lowest BCUT2D eigenvalue weighted by molar-refractivity contribution is -0.137. The van der Waals surface area contributed by atoms with Crippen LogP contribution in [0.2, 0.25) is 0 Å². The van der Waals surface area contributed by atoms with Gasteiger partial charge in [-0.25, -0.2) is 4.79 Å². The Bertz CT molecular complexity index is 566. The van der Waals surface area contributed by atoms with E-state index in [1.807, 2.05) is 24.3 Å². The Morgan fingerprint density at radius 3 is 2.43 bits per heavy atom. The van der Waals surface area contributed by atoms with Crippen LogP contribution in [-0.2, 0) is 9.59 Å². The van der Waals surface area contributed by atoms with Gasteiger partial charge in [0.05, 0.1) is 6.42 Å². The van der Waals surface area contributed by atoms with Crippen LogP contribution in [0, 0.1) is 0 Å². The minimum absolute atomic E-state index is 0.111. The number of carbonyl (C=O) groups is 3. The Labute approximate surface area is 122 Å². The van der Waals surface area contributed by atoms with Crippen molar-refractivity contribution >= 4 is 17.9 Å². The summed E-state index contributed by atoms with van der Waals surface area (Å²) in [4.78, 5) is 35.5. The van der Waals surface area contributed by atoms with Crippen LogP contribution in [0.4, 0.5) is 4.79 Å². The maximum absolute atomic E-state index is 12.2. The molecule has 3 amide bonds. The van der Waals surface area contributed by atoms with Gasteiger partial charge in [0.15, 0.2) is 0 Å². The zero-order valence-corrected chi connectivity index (χ0v) is 12.0. The molecule has 6 nitrogen and oxygen atoms in total. The first-order valence-electron chi connectivity index (χ1n) is 6.83. The molecule has 0 radical (unpaired) electrons. The Hall–Kier alpha value is -2.37. The molecule has 6 heteroatoms. The number of hydrogen-bond donors (Lipinski definition) is 2. The van der Waals surface area contributed by atoms with Gasteiger partial charge in [0.25, 0.3) is 5.91 Å². The lowest BCUT2D eigenvalue weighted by atomic mass is 9.99. The van der Waals surface area contributed by atoms with Crippen LogP contribution in [0.15, 0.2) is 24.3 Å². The van der Waals surface area contributed by atoms with Gasteiger partial charge in [-0.1, -0.05) is 38.1 Å². The molecule has 1 atom stereocenters. The molecule has 1 saturated heterocycles. The first-order valence-corrected chi connectivity index (χ1v) is 6.83. The van der Waals surface area contributed by atoms with Crippen LogP contribution < -0.4 is 5.32 Å². The fourth-order valence-corrected chi connectivity index (χ4v) is 2.24. The molecule has 1 aromatic rings. The van der Waals surface area contributed by atoms with E-state index < -0.39 is 23.9 Å². The van der Waals surface area contributed by atoms with Crippen molar-refractivity contribution in [1.82, 2.24) is 10.2 Å². The van der Waals surface area contributed by atoms with E-state index in [1.165, 1.54) is 0 Å². The molecular formula is C15H18N2O4. The number of aliphatic carboxylic acids is 1. The number of nitrogens with one attached hydrogen (secondary N) is 1. The molecule has 1 aromatic carbocycles. The molecule has 21 heavy (non-hydrogen) atoms. The zero-order valence-electron chi connectivity index (χ0n) is 12.0. The van der Waals surface area contributed by atoms with Gasteiger partial charge in [-0.05, 0) is 17.0 Å². The van der Waals surface area contributed by atoms with E-state index in [1.54, 1.807) is 0 Å². The molecule has 2 N–H and O–H groups in total. The molecule has 112 valence electrons. The fourth-order valence-electron chi connectivity index (χ4n) is 2.24. The second kappa shape index (κ2) is 5.95. The Kier molecular flexibility index (Phi) is 4.26. The monoisotopic (exact) mass is 290 g/mol. The van der Waals surface area contributed by atoms with Gasteiger partial charge in [0.1, 0.15) is 6.04 Å². The molecule has 0 spiro atoms. The Morgan fingerprint density at radius 2 is 1.90 bits per heavy atom. The van der Waals surface area contributed by atoms with Gasteiger partial charge in [-0.2, -0.15) is 0 Å². The molecule has 1 aliphatic rings. The molecule has 1 unspecified atom stereocenters. The Morgan fingerprint density at radius 1 is 1.29 bits per heavy atom. The van der Waals surface area contributed by atoms with Crippen LogP contribution in [0.1, 0.15) is 43.4 Å². The smallest absolute Gasteiger partial charge is 0.325 e. The summed E-state index contributed by atoms with van der Waals surface area (Å²) in [7, 11) is 0. The third-order valence-corrected chi connectivity index (χ3v) is 3.51. The van der Waals surface area contributed by atoms with E-state index in [-0.39, 0.29) is 13.0 Å². The number of urea groups is 1. The van der Waals surface area contributed by atoms with Crippen molar-refractivity contribution in [3.05, 3.63) is 35.4 Å². The van der Waals surface area contributed by atoms with Crippen LogP contribution in [0.25, 0.3) is 0 Å². The molecule has 1 fully saturated rings. The highest BCUT2D eigenvalue weighted by Gasteiger charge is 2.38. The summed E-state index contributed by atoms with van der Waals surface area (Å²) in [6, 6.07) is 6.22. The number of hydrogen-bond acceptors (Lipinski definition) is 3. The van der Waals surface area contributed by atoms with Gasteiger partial charge in [-0.15, -0.1) is 0 Å². The highest BCUT2D eigenvalue weighted by Crippen LogP contribution is 2.24. The second-order valence-electron chi connectivity index (χ2n) is 5.34. The van der Waals surface area contributed by atoms with Crippen molar-refractivity contribution in [3.8, 4) is 0 Å². The van der Waals surface area contributed by atoms with E-state index in [0.29, 0.717) is 11.5 Å². The number of amides is 3. The lowest BCUT2D eigenvalue weighted by Crippen LogP contribution is -2.32. The maximum atomic E-state index is 12.2. The van der Waals surface area contributed by atoms with Gasteiger partial charge in [0.2, 0.25) is 0 Å². The number of carbonyl (C=O) groups excluding carboxylic acids is 2. The summed E-state index contributed by atoms with van der Waals surface area (Å²) in [6.07, 6.45) is -0.252. The molecular weight excluding hydrogens is 272 g/mol. The Balaban J connectivity index is 2.12. The molecule has 1 heterocycles.